The molecule has 2 aromatic heterocycles. The Morgan fingerprint density at radius 1 is 1.04 bits per heavy atom. The Labute approximate surface area is 149 Å². The first-order valence-corrected chi connectivity index (χ1v) is 8.20. The summed E-state index contributed by atoms with van der Waals surface area (Å²) in [5.41, 5.74) is 2.40. The summed E-state index contributed by atoms with van der Waals surface area (Å²) in [7, 11) is 1.60. The molecule has 0 saturated carbocycles. The fourth-order valence-corrected chi connectivity index (χ4v) is 2.98. The second kappa shape index (κ2) is 6.57. The molecule has 0 amide bonds. The first-order chi connectivity index (χ1) is 12.7. The van der Waals surface area contributed by atoms with E-state index in [2.05, 4.69) is 5.10 Å². The predicted octanol–water partition coefficient (Wildman–Crippen LogP) is 3.90. The summed E-state index contributed by atoms with van der Waals surface area (Å²) in [5.74, 6) is 0.898. The smallest absolute Gasteiger partial charge is 0.159 e. The molecule has 0 fully saturated rings. The van der Waals surface area contributed by atoms with Gasteiger partial charge in [0, 0.05) is 18.6 Å². The van der Waals surface area contributed by atoms with E-state index in [1.54, 1.807) is 11.8 Å². The number of phenols is 2. The molecule has 0 radical (unpaired) electrons. The number of fused-ring (bicyclic) bond motifs is 1. The number of nitrogens with zero attached hydrogens (tertiary/aromatic N) is 2. The van der Waals surface area contributed by atoms with Crippen LogP contribution in [0.2, 0.25) is 0 Å². The van der Waals surface area contributed by atoms with Crippen molar-refractivity contribution in [2.75, 3.05) is 7.11 Å². The van der Waals surface area contributed by atoms with Gasteiger partial charge >= 0.3 is 0 Å². The van der Waals surface area contributed by atoms with Crippen molar-refractivity contribution in [1.29, 1.82) is 0 Å². The Kier molecular flexibility index (Phi) is 4.10. The maximum absolute atomic E-state index is 9.94. The molecule has 26 heavy (non-hydrogen) atoms. The van der Waals surface area contributed by atoms with Crippen molar-refractivity contribution in [3.63, 3.8) is 0 Å². The molecular formula is C20H18N2O4. The van der Waals surface area contributed by atoms with Gasteiger partial charge in [-0.1, -0.05) is 30.3 Å². The molecule has 0 aliphatic carbocycles. The predicted molar refractivity (Wildman–Crippen MR) is 97.0 cm³/mol. The van der Waals surface area contributed by atoms with Crippen molar-refractivity contribution >= 4 is 10.9 Å². The highest BCUT2D eigenvalue weighted by Gasteiger charge is 2.18. The first-order valence-electron chi connectivity index (χ1n) is 8.20. The molecular weight excluding hydrogens is 332 g/mol. The van der Waals surface area contributed by atoms with Crippen LogP contribution in [0.25, 0.3) is 22.4 Å². The van der Waals surface area contributed by atoms with Crippen LogP contribution in [0.1, 0.15) is 11.3 Å². The van der Waals surface area contributed by atoms with Crippen LogP contribution in [-0.2, 0) is 17.9 Å². The molecule has 2 aromatic carbocycles. The molecule has 2 N–H and O–H groups in total. The molecule has 2 heterocycles. The molecule has 132 valence electrons. The monoisotopic (exact) mass is 350 g/mol. The highest BCUT2D eigenvalue weighted by molar-refractivity contribution is 5.94. The molecule has 0 unspecified atom stereocenters. The zero-order valence-electron chi connectivity index (χ0n) is 14.2. The standard InChI is InChI=1S/C20H18N2O4/c1-25-12-14-7-8-19(26-14)20-15-9-17(23)18(24)10-16(15)22(21-20)11-13-5-3-2-4-6-13/h2-10,23-24H,11-12H2,1H3. The lowest BCUT2D eigenvalue weighted by molar-refractivity contribution is 0.165. The van der Waals surface area contributed by atoms with E-state index in [0.717, 1.165) is 5.56 Å². The van der Waals surface area contributed by atoms with Crippen LogP contribution in [0, 0.1) is 0 Å². The van der Waals surface area contributed by atoms with Crippen molar-refractivity contribution in [1.82, 2.24) is 9.78 Å². The average Bonchev–Trinajstić information content (AvgIpc) is 3.22. The number of hydrogen-bond acceptors (Lipinski definition) is 5. The van der Waals surface area contributed by atoms with E-state index in [1.807, 2.05) is 42.5 Å². The van der Waals surface area contributed by atoms with Gasteiger partial charge in [-0.3, -0.25) is 4.68 Å². The Morgan fingerprint density at radius 3 is 2.58 bits per heavy atom. The van der Waals surface area contributed by atoms with Crippen LogP contribution >= 0.6 is 0 Å². The first kappa shape index (κ1) is 16.2. The summed E-state index contributed by atoms with van der Waals surface area (Å²) in [6, 6.07) is 16.6. The van der Waals surface area contributed by atoms with Crippen molar-refractivity contribution in [3.8, 4) is 23.0 Å². The summed E-state index contributed by atoms with van der Waals surface area (Å²) in [5, 5.41) is 25.2. The van der Waals surface area contributed by atoms with Crippen LogP contribution < -0.4 is 0 Å². The number of hydrogen-bond donors (Lipinski definition) is 2. The van der Waals surface area contributed by atoms with E-state index in [-0.39, 0.29) is 11.5 Å². The van der Waals surface area contributed by atoms with E-state index in [4.69, 9.17) is 9.15 Å². The van der Waals surface area contributed by atoms with Gasteiger partial charge in [0.15, 0.2) is 17.3 Å². The van der Waals surface area contributed by atoms with Gasteiger partial charge in [0.05, 0.1) is 12.1 Å². The summed E-state index contributed by atoms with van der Waals surface area (Å²) in [6.45, 7) is 0.905. The molecule has 0 aliphatic rings. The largest absolute Gasteiger partial charge is 0.504 e. The number of furan rings is 1. The SMILES string of the molecule is COCc1ccc(-c2nn(Cc3ccccc3)c3cc(O)c(O)cc23)o1. The van der Waals surface area contributed by atoms with E-state index in [9.17, 15) is 10.2 Å². The topological polar surface area (TPSA) is 80.7 Å². The lowest BCUT2D eigenvalue weighted by Gasteiger charge is -2.04. The fraction of sp³-hybridized carbons (Fsp3) is 0.150. The Balaban J connectivity index is 1.85. The number of rotatable bonds is 5. The zero-order chi connectivity index (χ0) is 18.1. The lowest BCUT2D eigenvalue weighted by atomic mass is 10.1. The molecule has 6 nitrogen and oxygen atoms in total. The minimum Gasteiger partial charge on any atom is -0.504 e. The molecule has 0 bridgehead atoms. The Bertz CT molecular complexity index is 1050. The highest BCUT2D eigenvalue weighted by Crippen LogP contribution is 2.36. The average molecular weight is 350 g/mol. The van der Waals surface area contributed by atoms with Crippen molar-refractivity contribution in [3.05, 3.63) is 65.9 Å². The summed E-state index contributed by atoms with van der Waals surface area (Å²) < 4.78 is 12.7. The number of methoxy groups -OCH3 is 1. The number of aromatic nitrogens is 2. The summed E-state index contributed by atoms with van der Waals surface area (Å²) in [6.07, 6.45) is 0. The molecule has 4 aromatic rings. The normalized spacial score (nSPS) is 11.3. The van der Waals surface area contributed by atoms with Gasteiger partial charge in [-0.2, -0.15) is 5.10 Å². The van der Waals surface area contributed by atoms with Gasteiger partial charge in [-0.25, -0.2) is 0 Å². The van der Waals surface area contributed by atoms with E-state index in [0.29, 0.717) is 41.3 Å². The Hall–Kier alpha value is -3.25. The van der Waals surface area contributed by atoms with E-state index >= 15 is 0 Å². The summed E-state index contributed by atoms with van der Waals surface area (Å²) in [4.78, 5) is 0. The number of benzene rings is 2. The highest BCUT2D eigenvalue weighted by atomic mass is 16.5. The molecule has 4 rings (SSSR count). The number of phenolic OH excluding ortho intramolecular Hbond substituents is 2. The molecule has 6 heteroatoms. The van der Waals surface area contributed by atoms with Gasteiger partial charge in [0.2, 0.25) is 0 Å². The zero-order valence-corrected chi connectivity index (χ0v) is 14.2. The van der Waals surface area contributed by atoms with Gasteiger partial charge in [0.25, 0.3) is 0 Å². The minimum atomic E-state index is -0.193. The van der Waals surface area contributed by atoms with E-state index in [1.165, 1.54) is 12.1 Å². The maximum Gasteiger partial charge on any atom is 0.159 e. The maximum atomic E-state index is 9.94. The number of aromatic hydroxyl groups is 2. The third-order valence-electron chi connectivity index (χ3n) is 4.20. The van der Waals surface area contributed by atoms with Crippen LogP contribution in [0.3, 0.4) is 0 Å². The van der Waals surface area contributed by atoms with Crippen molar-refractivity contribution in [2.24, 2.45) is 0 Å². The quantitative estimate of drug-likeness (QED) is 0.534. The van der Waals surface area contributed by atoms with Crippen molar-refractivity contribution < 1.29 is 19.4 Å². The van der Waals surface area contributed by atoms with Crippen LogP contribution in [-0.4, -0.2) is 27.1 Å². The second-order valence-corrected chi connectivity index (χ2v) is 6.05. The summed E-state index contributed by atoms with van der Waals surface area (Å²) >= 11 is 0. The van der Waals surface area contributed by atoms with Crippen LogP contribution in [0.4, 0.5) is 0 Å². The van der Waals surface area contributed by atoms with Crippen LogP contribution in [0.15, 0.2) is 59.0 Å². The Morgan fingerprint density at radius 2 is 1.81 bits per heavy atom. The second-order valence-electron chi connectivity index (χ2n) is 6.05. The molecule has 0 aliphatic heterocycles. The third-order valence-corrected chi connectivity index (χ3v) is 4.20. The minimum absolute atomic E-state index is 0.183. The number of ether oxygens (including phenoxy) is 1. The van der Waals surface area contributed by atoms with Gasteiger partial charge in [-0.05, 0) is 23.8 Å². The lowest BCUT2D eigenvalue weighted by Crippen LogP contribution is -2.01. The van der Waals surface area contributed by atoms with E-state index < -0.39 is 0 Å². The van der Waals surface area contributed by atoms with Gasteiger partial charge in [-0.15, -0.1) is 0 Å². The van der Waals surface area contributed by atoms with Gasteiger partial charge in [0.1, 0.15) is 18.1 Å². The fourth-order valence-electron chi connectivity index (χ4n) is 2.98. The molecule has 0 spiro atoms. The molecule has 0 saturated heterocycles. The third kappa shape index (κ3) is 2.91. The van der Waals surface area contributed by atoms with Crippen LogP contribution in [0.5, 0.6) is 11.5 Å². The van der Waals surface area contributed by atoms with Crippen molar-refractivity contribution in [2.45, 2.75) is 13.2 Å². The molecule has 0 atom stereocenters. The van der Waals surface area contributed by atoms with Gasteiger partial charge < -0.3 is 19.4 Å².